The van der Waals surface area contributed by atoms with Gasteiger partial charge in [-0.25, -0.2) is 0 Å². The van der Waals surface area contributed by atoms with Crippen LogP contribution in [0.1, 0.15) is 18.9 Å². The van der Waals surface area contributed by atoms with Crippen LogP contribution in [0.25, 0.3) is 0 Å². The van der Waals surface area contributed by atoms with Crippen molar-refractivity contribution in [3.63, 3.8) is 0 Å². The van der Waals surface area contributed by atoms with E-state index in [1.165, 1.54) is 6.92 Å². The van der Waals surface area contributed by atoms with E-state index in [9.17, 15) is 9.59 Å². The molecule has 0 aliphatic carbocycles. The third-order valence-corrected chi connectivity index (χ3v) is 3.93. The van der Waals surface area contributed by atoms with Crippen LogP contribution in [0, 0.1) is 0 Å². The number of fused-ring (bicyclic) bond motifs is 1. The van der Waals surface area contributed by atoms with Crippen LogP contribution in [0.5, 0.6) is 0 Å². The highest BCUT2D eigenvalue weighted by atomic mass is 32.1. The predicted molar refractivity (Wildman–Crippen MR) is 104 cm³/mol. The first kappa shape index (κ1) is 16.9. The van der Waals surface area contributed by atoms with Crippen molar-refractivity contribution in [3.8, 4) is 0 Å². The zero-order chi connectivity index (χ0) is 17.8. The first-order valence-electron chi connectivity index (χ1n) is 7.88. The van der Waals surface area contributed by atoms with E-state index in [0.29, 0.717) is 11.5 Å². The van der Waals surface area contributed by atoms with Gasteiger partial charge in [-0.05, 0) is 60.6 Å². The van der Waals surface area contributed by atoms with E-state index in [0.717, 1.165) is 34.7 Å². The maximum atomic E-state index is 11.5. The van der Waals surface area contributed by atoms with Gasteiger partial charge in [-0.3, -0.25) is 9.59 Å². The normalized spacial score (nSPS) is 12.6. The molecule has 1 aliphatic rings. The fourth-order valence-electron chi connectivity index (χ4n) is 2.58. The number of nitrogens with one attached hydrogen (secondary N) is 4. The molecule has 0 spiro atoms. The molecule has 0 radical (unpaired) electrons. The van der Waals surface area contributed by atoms with Crippen LogP contribution < -0.4 is 21.3 Å². The van der Waals surface area contributed by atoms with E-state index in [1.54, 1.807) is 12.1 Å². The molecular weight excluding hydrogens is 336 g/mol. The number of anilines is 4. The monoisotopic (exact) mass is 354 g/mol. The first-order valence-corrected chi connectivity index (χ1v) is 8.29. The Labute approximate surface area is 151 Å². The SMILES string of the molecule is CC(=O)Nc1ccc(NC(=S)Nc2ccc3c(c2)NC(=O)CC3)cc1. The van der Waals surface area contributed by atoms with Crippen LogP contribution in [0.3, 0.4) is 0 Å². The lowest BCUT2D eigenvalue weighted by Crippen LogP contribution is -2.21. The minimum atomic E-state index is -0.114. The highest BCUT2D eigenvalue weighted by Gasteiger charge is 2.14. The lowest BCUT2D eigenvalue weighted by atomic mass is 10.0. The van der Waals surface area contributed by atoms with Gasteiger partial charge in [0.05, 0.1) is 0 Å². The number of aryl methyl sites for hydroxylation is 1. The van der Waals surface area contributed by atoms with Crippen molar-refractivity contribution < 1.29 is 9.59 Å². The lowest BCUT2D eigenvalue weighted by Gasteiger charge is -2.18. The second-order valence-electron chi connectivity index (χ2n) is 5.76. The zero-order valence-corrected chi connectivity index (χ0v) is 14.5. The van der Waals surface area contributed by atoms with Gasteiger partial charge in [-0.1, -0.05) is 6.07 Å². The van der Waals surface area contributed by atoms with Crippen LogP contribution in [0.2, 0.25) is 0 Å². The summed E-state index contributed by atoms with van der Waals surface area (Å²) < 4.78 is 0. The molecule has 25 heavy (non-hydrogen) atoms. The summed E-state index contributed by atoms with van der Waals surface area (Å²) in [5.41, 5.74) is 4.27. The van der Waals surface area contributed by atoms with Crippen molar-refractivity contribution in [2.45, 2.75) is 19.8 Å². The van der Waals surface area contributed by atoms with Gasteiger partial charge in [0, 0.05) is 36.1 Å². The van der Waals surface area contributed by atoms with Crippen LogP contribution in [0.4, 0.5) is 22.7 Å². The van der Waals surface area contributed by atoms with E-state index in [-0.39, 0.29) is 11.8 Å². The number of hydrogen-bond donors (Lipinski definition) is 4. The molecule has 0 unspecified atom stereocenters. The summed E-state index contributed by atoms with van der Waals surface area (Å²) in [6.07, 6.45) is 1.28. The highest BCUT2D eigenvalue weighted by Crippen LogP contribution is 2.26. The van der Waals surface area contributed by atoms with Gasteiger partial charge < -0.3 is 21.3 Å². The summed E-state index contributed by atoms with van der Waals surface area (Å²) in [4.78, 5) is 22.5. The topological polar surface area (TPSA) is 82.3 Å². The van der Waals surface area contributed by atoms with E-state index in [1.807, 2.05) is 30.3 Å². The molecule has 1 aliphatic heterocycles. The summed E-state index contributed by atoms with van der Waals surface area (Å²) in [7, 11) is 0. The summed E-state index contributed by atoms with van der Waals surface area (Å²) in [6, 6.07) is 13.0. The molecule has 2 aromatic carbocycles. The second-order valence-corrected chi connectivity index (χ2v) is 6.17. The Morgan fingerprint density at radius 1 is 0.960 bits per heavy atom. The molecule has 7 heteroatoms. The van der Waals surface area contributed by atoms with E-state index >= 15 is 0 Å². The van der Waals surface area contributed by atoms with Crippen molar-refractivity contribution in [1.82, 2.24) is 0 Å². The largest absolute Gasteiger partial charge is 0.332 e. The van der Waals surface area contributed by atoms with Gasteiger partial charge in [0.15, 0.2) is 5.11 Å². The molecule has 0 fully saturated rings. The standard InChI is InChI=1S/C18H18N4O2S/c1-11(23)19-13-5-7-14(8-6-13)20-18(25)21-15-4-2-12-3-9-17(24)22-16(12)10-15/h2,4-8,10H,3,9H2,1H3,(H,19,23)(H,22,24)(H2,20,21,25). The maximum Gasteiger partial charge on any atom is 0.224 e. The Bertz CT molecular complexity index is 833. The molecule has 3 rings (SSSR count). The molecule has 128 valence electrons. The molecule has 0 bridgehead atoms. The molecule has 0 saturated heterocycles. The number of amides is 2. The fourth-order valence-corrected chi connectivity index (χ4v) is 2.82. The van der Waals surface area contributed by atoms with Gasteiger partial charge in [-0.15, -0.1) is 0 Å². The highest BCUT2D eigenvalue weighted by molar-refractivity contribution is 7.80. The lowest BCUT2D eigenvalue weighted by molar-refractivity contribution is -0.116. The number of rotatable bonds is 3. The van der Waals surface area contributed by atoms with E-state index in [4.69, 9.17) is 12.2 Å². The Morgan fingerprint density at radius 3 is 2.24 bits per heavy atom. The van der Waals surface area contributed by atoms with Gasteiger partial charge in [-0.2, -0.15) is 0 Å². The van der Waals surface area contributed by atoms with E-state index in [2.05, 4.69) is 21.3 Å². The van der Waals surface area contributed by atoms with Crippen molar-refractivity contribution in [3.05, 3.63) is 48.0 Å². The third kappa shape index (κ3) is 4.54. The van der Waals surface area contributed by atoms with Crippen LogP contribution in [0.15, 0.2) is 42.5 Å². The number of carbonyl (C=O) groups excluding carboxylic acids is 2. The summed E-state index contributed by atoms with van der Waals surface area (Å²) in [5.74, 6) is -0.0815. The molecule has 1 heterocycles. The Morgan fingerprint density at radius 2 is 1.56 bits per heavy atom. The molecule has 0 saturated carbocycles. The molecule has 0 atom stereocenters. The third-order valence-electron chi connectivity index (χ3n) is 3.73. The molecule has 0 aromatic heterocycles. The zero-order valence-electron chi connectivity index (χ0n) is 13.7. The Balaban J connectivity index is 1.62. The molecular formula is C18H18N4O2S. The van der Waals surface area contributed by atoms with Crippen LogP contribution >= 0.6 is 12.2 Å². The Hall–Kier alpha value is -2.93. The quantitative estimate of drug-likeness (QED) is 0.636. The smallest absolute Gasteiger partial charge is 0.224 e. The average molecular weight is 354 g/mol. The van der Waals surface area contributed by atoms with Gasteiger partial charge >= 0.3 is 0 Å². The van der Waals surface area contributed by atoms with Crippen molar-refractivity contribution in [1.29, 1.82) is 0 Å². The number of thiocarbonyl (C=S) groups is 1. The van der Waals surface area contributed by atoms with Crippen LogP contribution in [-0.2, 0) is 16.0 Å². The Kier molecular flexibility index (Phi) is 4.95. The van der Waals surface area contributed by atoms with Gasteiger partial charge in [0.2, 0.25) is 11.8 Å². The first-order chi connectivity index (χ1) is 12.0. The maximum absolute atomic E-state index is 11.5. The summed E-state index contributed by atoms with van der Waals surface area (Å²) >= 11 is 5.32. The van der Waals surface area contributed by atoms with E-state index < -0.39 is 0 Å². The average Bonchev–Trinajstić information content (AvgIpc) is 2.55. The minimum Gasteiger partial charge on any atom is -0.332 e. The molecule has 2 aromatic rings. The van der Waals surface area contributed by atoms with Crippen LogP contribution in [-0.4, -0.2) is 16.9 Å². The second kappa shape index (κ2) is 7.31. The van der Waals surface area contributed by atoms with Gasteiger partial charge in [0.1, 0.15) is 0 Å². The van der Waals surface area contributed by atoms with Crippen molar-refractivity contribution >= 4 is 51.9 Å². The van der Waals surface area contributed by atoms with Crippen molar-refractivity contribution in [2.75, 3.05) is 21.3 Å². The molecule has 6 nitrogen and oxygen atoms in total. The van der Waals surface area contributed by atoms with Gasteiger partial charge in [0.25, 0.3) is 0 Å². The summed E-state index contributed by atoms with van der Waals surface area (Å²) in [5, 5.41) is 12.2. The molecule has 2 amide bonds. The van der Waals surface area contributed by atoms with Crippen molar-refractivity contribution in [2.24, 2.45) is 0 Å². The number of hydrogen-bond acceptors (Lipinski definition) is 3. The fraction of sp³-hybridized carbons (Fsp3) is 0.167. The minimum absolute atomic E-state index is 0.0320. The number of benzene rings is 2. The number of carbonyl (C=O) groups is 2. The molecule has 4 N–H and O–H groups in total. The summed E-state index contributed by atoms with van der Waals surface area (Å²) in [6.45, 7) is 1.46. The predicted octanol–water partition coefficient (Wildman–Crippen LogP) is 3.34.